The highest BCUT2D eigenvalue weighted by atomic mass is 79.9. The minimum absolute atomic E-state index is 0.373. The lowest BCUT2D eigenvalue weighted by Gasteiger charge is -2.15. The molecule has 1 N–H and O–H groups in total. The van der Waals surface area contributed by atoms with Gasteiger partial charge in [0.25, 0.3) is 0 Å². The van der Waals surface area contributed by atoms with Gasteiger partial charge in [0.15, 0.2) is 0 Å². The molecule has 84 valence electrons. The van der Waals surface area contributed by atoms with Gasteiger partial charge in [-0.3, -0.25) is 0 Å². The number of halogens is 1. The van der Waals surface area contributed by atoms with Crippen LogP contribution in [0.2, 0.25) is 0 Å². The number of hydrogen-bond donors (Lipinski definition) is 1. The van der Waals surface area contributed by atoms with Gasteiger partial charge in [0.05, 0.1) is 0 Å². The van der Waals surface area contributed by atoms with Gasteiger partial charge in [0.2, 0.25) is 0 Å². The van der Waals surface area contributed by atoms with Gasteiger partial charge in [-0.05, 0) is 31.5 Å². The van der Waals surface area contributed by atoms with E-state index in [-0.39, 0.29) is 0 Å². The molecular formula is C12H18BrNO. The second-order valence-electron chi connectivity index (χ2n) is 3.54. The third-order valence-corrected chi connectivity index (χ3v) is 3.07. The molecule has 0 aromatic heterocycles. The second kappa shape index (κ2) is 6.99. The van der Waals surface area contributed by atoms with Crippen LogP contribution in [-0.2, 0) is 4.74 Å². The average Bonchev–Trinajstić information content (AvgIpc) is 2.25. The zero-order chi connectivity index (χ0) is 11.1. The molecule has 0 saturated carbocycles. The number of nitrogens with one attached hydrogen (secondary N) is 1. The first kappa shape index (κ1) is 12.7. The molecule has 0 fully saturated rings. The van der Waals surface area contributed by atoms with Crippen LogP contribution in [-0.4, -0.2) is 20.3 Å². The maximum Gasteiger partial charge on any atom is 0.0474 e. The van der Waals surface area contributed by atoms with Crippen molar-refractivity contribution in [3.8, 4) is 0 Å². The van der Waals surface area contributed by atoms with E-state index in [1.54, 1.807) is 7.11 Å². The summed E-state index contributed by atoms with van der Waals surface area (Å²) in [7, 11) is 1.73. The summed E-state index contributed by atoms with van der Waals surface area (Å²) in [5.41, 5.74) is 1.30. The Hall–Kier alpha value is -0.380. The molecule has 2 nitrogen and oxygen atoms in total. The fraction of sp³-hybridized carbons (Fsp3) is 0.500. The Balaban J connectivity index is 2.40. The number of ether oxygens (including phenoxy) is 1. The highest BCUT2D eigenvalue weighted by molar-refractivity contribution is 9.10. The van der Waals surface area contributed by atoms with Crippen LogP contribution < -0.4 is 5.32 Å². The third kappa shape index (κ3) is 4.33. The maximum absolute atomic E-state index is 5.00. The van der Waals surface area contributed by atoms with Gasteiger partial charge in [0, 0.05) is 24.2 Å². The van der Waals surface area contributed by atoms with E-state index in [2.05, 4.69) is 46.4 Å². The lowest BCUT2D eigenvalue weighted by Crippen LogP contribution is -2.21. The summed E-state index contributed by atoms with van der Waals surface area (Å²) in [6.07, 6.45) is 1.05. The van der Waals surface area contributed by atoms with Crippen molar-refractivity contribution >= 4 is 15.9 Å². The van der Waals surface area contributed by atoms with E-state index in [0.29, 0.717) is 6.04 Å². The molecule has 1 unspecified atom stereocenters. The van der Waals surface area contributed by atoms with Crippen molar-refractivity contribution in [2.75, 3.05) is 20.3 Å². The van der Waals surface area contributed by atoms with E-state index in [1.807, 2.05) is 6.07 Å². The van der Waals surface area contributed by atoms with Gasteiger partial charge < -0.3 is 10.1 Å². The van der Waals surface area contributed by atoms with Crippen LogP contribution in [0, 0.1) is 0 Å². The van der Waals surface area contributed by atoms with Crippen LogP contribution in [0.1, 0.15) is 24.9 Å². The number of hydrogen-bond acceptors (Lipinski definition) is 2. The molecule has 0 spiro atoms. The smallest absolute Gasteiger partial charge is 0.0474 e. The first-order valence-corrected chi connectivity index (χ1v) is 6.01. The van der Waals surface area contributed by atoms with Crippen LogP contribution >= 0.6 is 15.9 Å². The van der Waals surface area contributed by atoms with Crippen molar-refractivity contribution in [1.29, 1.82) is 0 Å². The predicted octanol–water partition coefficient (Wildman–Crippen LogP) is 3.14. The summed E-state index contributed by atoms with van der Waals surface area (Å²) < 4.78 is 6.17. The molecular weight excluding hydrogens is 254 g/mol. The molecule has 1 atom stereocenters. The van der Waals surface area contributed by atoms with Crippen molar-refractivity contribution in [2.45, 2.75) is 19.4 Å². The molecule has 0 aliphatic rings. The van der Waals surface area contributed by atoms with E-state index < -0.39 is 0 Å². The molecule has 0 aliphatic carbocycles. The zero-order valence-corrected chi connectivity index (χ0v) is 10.9. The molecule has 0 bridgehead atoms. The van der Waals surface area contributed by atoms with Gasteiger partial charge in [-0.2, -0.15) is 0 Å². The van der Waals surface area contributed by atoms with Crippen molar-refractivity contribution in [3.05, 3.63) is 34.3 Å². The second-order valence-corrected chi connectivity index (χ2v) is 4.40. The Kier molecular flexibility index (Phi) is 5.91. The number of methoxy groups -OCH3 is 1. The van der Waals surface area contributed by atoms with E-state index in [1.165, 1.54) is 5.56 Å². The van der Waals surface area contributed by atoms with Gasteiger partial charge in [-0.25, -0.2) is 0 Å². The highest BCUT2D eigenvalue weighted by Crippen LogP contribution is 2.22. The quantitative estimate of drug-likeness (QED) is 0.803. The molecule has 3 heteroatoms. The fourth-order valence-electron chi connectivity index (χ4n) is 1.47. The summed E-state index contributed by atoms with van der Waals surface area (Å²) in [6, 6.07) is 8.68. The van der Waals surface area contributed by atoms with Crippen molar-refractivity contribution in [1.82, 2.24) is 5.32 Å². The van der Waals surface area contributed by atoms with Crippen molar-refractivity contribution in [3.63, 3.8) is 0 Å². The van der Waals surface area contributed by atoms with Crippen LogP contribution in [0.4, 0.5) is 0 Å². The molecule has 0 amide bonds. The average molecular weight is 272 g/mol. The summed E-state index contributed by atoms with van der Waals surface area (Å²) >= 11 is 3.55. The van der Waals surface area contributed by atoms with Crippen LogP contribution in [0.25, 0.3) is 0 Å². The normalized spacial score (nSPS) is 12.7. The molecule has 1 rings (SSSR count). The third-order valence-electron chi connectivity index (χ3n) is 2.35. The van der Waals surface area contributed by atoms with Crippen LogP contribution in [0.15, 0.2) is 28.7 Å². The molecule has 0 aliphatic heterocycles. The Labute approximate surface area is 100 Å². The standard InChI is InChI=1S/C12H18BrNO/c1-10(14-8-5-9-15-2)11-6-3-4-7-12(11)13/h3-4,6-7,10,14H,5,8-9H2,1-2H3. The molecule has 0 saturated heterocycles. The van der Waals surface area contributed by atoms with Crippen LogP contribution in [0.3, 0.4) is 0 Å². The van der Waals surface area contributed by atoms with Gasteiger partial charge in [-0.15, -0.1) is 0 Å². The first-order valence-electron chi connectivity index (χ1n) is 5.22. The number of rotatable bonds is 6. The Morgan fingerprint density at radius 1 is 1.40 bits per heavy atom. The Bertz CT molecular complexity index is 291. The number of benzene rings is 1. The van der Waals surface area contributed by atoms with Crippen molar-refractivity contribution in [2.24, 2.45) is 0 Å². The first-order chi connectivity index (χ1) is 7.25. The van der Waals surface area contributed by atoms with Crippen molar-refractivity contribution < 1.29 is 4.74 Å². The largest absolute Gasteiger partial charge is 0.385 e. The minimum atomic E-state index is 0.373. The summed E-state index contributed by atoms with van der Waals surface area (Å²) in [5, 5.41) is 3.46. The lowest BCUT2D eigenvalue weighted by atomic mass is 10.1. The summed E-state index contributed by atoms with van der Waals surface area (Å²) in [6.45, 7) is 3.97. The highest BCUT2D eigenvalue weighted by Gasteiger charge is 2.06. The van der Waals surface area contributed by atoms with E-state index in [0.717, 1.165) is 24.0 Å². The SMILES string of the molecule is COCCCNC(C)c1ccccc1Br. The van der Waals surface area contributed by atoms with Gasteiger partial charge >= 0.3 is 0 Å². The Morgan fingerprint density at radius 2 is 2.13 bits per heavy atom. The summed E-state index contributed by atoms with van der Waals surface area (Å²) in [5.74, 6) is 0. The molecule has 1 aromatic carbocycles. The van der Waals surface area contributed by atoms with Gasteiger partial charge in [-0.1, -0.05) is 34.1 Å². The molecule has 1 aromatic rings. The maximum atomic E-state index is 5.00. The summed E-state index contributed by atoms with van der Waals surface area (Å²) in [4.78, 5) is 0. The van der Waals surface area contributed by atoms with E-state index in [4.69, 9.17) is 4.74 Å². The van der Waals surface area contributed by atoms with Gasteiger partial charge in [0.1, 0.15) is 0 Å². The Morgan fingerprint density at radius 3 is 2.80 bits per heavy atom. The van der Waals surface area contributed by atoms with E-state index >= 15 is 0 Å². The minimum Gasteiger partial charge on any atom is -0.385 e. The molecule has 0 heterocycles. The lowest BCUT2D eigenvalue weighted by molar-refractivity contribution is 0.193. The van der Waals surface area contributed by atoms with E-state index in [9.17, 15) is 0 Å². The zero-order valence-electron chi connectivity index (χ0n) is 9.29. The van der Waals surface area contributed by atoms with Crippen LogP contribution in [0.5, 0.6) is 0 Å². The predicted molar refractivity (Wildman–Crippen MR) is 67.1 cm³/mol. The monoisotopic (exact) mass is 271 g/mol. The fourth-order valence-corrected chi connectivity index (χ4v) is 2.10. The topological polar surface area (TPSA) is 21.3 Å². The molecule has 15 heavy (non-hydrogen) atoms. The molecule has 0 radical (unpaired) electrons.